The van der Waals surface area contributed by atoms with Gasteiger partial charge in [0, 0.05) is 13.1 Å². The molecular formula is C9H16N4. The fourth-order valence-electron chi connectivity index (χ4n) is 0.943. The van der Waals surface area contributed by atoms with Crippen molar-refractivity contribution in [3.63, 3.8) is 0 Å². The van der Waals surface area contributed by atoms with Crippen LogP contribution in [0.3, 0.4) is 0 Å². The summed E-state index contributed by atoms with van der Waals surface area (Å²) in [6.45, 7) is 5.72. The van der Waals surface area contributed by atoms with E-state index in [9.17, 15) is 0 Å². The lowest BCUT2D eigenvalue weighted by molar-refractivity contribution is 0.819. The van der Waals surface area contributed by atoms with Crippen LogP contribution in [0.5, 0.6) is 0 Å². The quantitative estimate of drug-likeness (QED) is 0.670. The number of nitrogens with zero attached hydrogens (tertiary/aromatic N) is 2. The average Bonchev–Trinajstić information content (AvgIpc) is 2.12. The minimum atomic E-state index is 0.846. The van der Waals surface area contributed by atoms with Crippen molar-refractivity contribution in [2.24, 2.45) is 0 Å². The van der Waals surface area contributed by atoms with Crippen LogP contribution in [0.25, 0.3) is 0 Å². The van der Waals surface area contributed by atoms with Crippen LogP contribution in [0, 0.1) is 13.8 Å². The molecule has 0 saturated carbocycles. The summed E-state index contributed by atoms with van der Waals surface area (Å²) in [5.74, 6) is 0.846. The van der Waals surface area contributed by atoms with Crippen LogP contribution in [0.1, 0.15) is 11.4 Å². The molecule has 0 unspecified atom stereocenters. The average molecular weight is 180 g/mol. The molecule has 4 nitrogen and oxygen atoms in total. The summed E-state index contributed by atoms with van der Waals surface area (Å²) < 4.78 is 0. The summed E-state index contributed by atoms with van der Waals surface area (Å²) in [7, 11) is 1.92. The maximum absolute atomic E-state index is 4.34. The van der Waals surface area contributed by atoms with Gasteiger partial charge in [-0.2, -0.15) is 0 Å². The Kier molecular flexibility index (Phi) is 3.64. The van der Waals surface area contributed by atoms with E-state index in [1.54, 1.807) is 6.20 Å². The Balaban J connectivity index is 2.53. The molecule has 0 radical (unpaired) electrons. The summed E-state index contributed by atoms with van der Waals surface area (Å²) in [6, 6.07) is 0. The zero-order valence-electron chi connectivity index (χ0n) is 8.39. The molecule has 0 bridgehead atoms. The molecule has 4 heteroatoms. The topological polar surface area (TPSA) is 49.8 Å². The maximum Gasteiger partial charge on any atom is 0.144 e. The Hall–Kier alpha value is -1.16. The Bertz CT molecular complexity index is 272. The van der Waals surface area contributed by atoms with E-state index in [0.29, 0.717) is 0 Å². The van der Waals surface area contributed by atoms with Gasteiger partial charge in [0.05, 0.1) is 17.6 Å². The van der Waals surface area contributed by atoms with Crippen LogP contribution in [0.4, 0.5) is 5.82 Å². The van der Waals surface area contributed by atoms with Crippen LogP contribution in [0.15, 0.2) is 6.20 Å². The molecule has 0 atom stereocenters. The van der Waals surface area contributed by atoms with Gasteiger partial charge >= 0.3 is 0 Å². The van der Waals surface area contributed by atoms with Crippen molar-refractivity contribution in [1.82, 2.24) is 15.3 Å². The van der Waals surface area contributed by atoms with Gasteiger partial charge in [-0.25, -0.2) is 4.98 Å². The summed E-state index contributed by atoms with van der Waals surface area (Å²) in [6.07, 6.45) is 1.76. The van der Waals surface area contributed by atoms with Gasteiger partial charge in [-0.3, -0.25) is 4.98 Å². The number of likely N-dealkylation sites (N-methyl/N-ethyl adjacent to an activating group) is 1. The number of hydrogen-bond donors (Lipinski definition) is 2. The van der Waals surface area contributed by atoms with E-state index in [4.69, 9.17) is 0 Å². The summed E-state index contributed by atoms with van der Waals surface area (Å²) >= 11 is 0. The normalized spacial score (nSPS) is 10.1. The first-order valence-electron chi connectivity index (χ1n) is 4.42. The van der Waals surface area contributed by atoms with Crippen LogP contribution in [0.2, 0.25) is 0 Å². The van der Waals surface area contributed by atoms with Crippen molar-refractivity contribution >= 4 is 5.82 Å². The molecule has 1 rings (SSSR count). The fraction of sp³-hybridized carbons (Fsp3) is 0.556. The number of nitrogens with one attached hydrogen (secondary N) is 2. The van der Waals surface area contributed by atoms with Crippen molar-refractivity contribution in [3.8, 4) is 0 Å². The van der Waals surface area contributed by atoms with Gasteiger partial charge in [-0.15, -0.1) is 0 Å². The van der Waals surface area contributed by atoms with Crippen molar-refractivity contribution in [2.75, 3.05) is 25.5 Å². The SMILES string of the molecule is CNCCNc1cnc(C)c(C)n1. The van der Waals surface area contributed by atoms with E-state index < -0.39 is 0 Å². The minimum absolute atomic E-state index is 0.846. The standard InChI is InChI=1S/C9H16N4/c1-7-8(2)13-9(6-12-7)11-5-4-10-3/h6,10H,4-5H2,1-3H3,(H,11,13). The smallest absolute Gasteiger partial charge is 0.144 e. The van der Waals surface area contributed by atoms with E-state index in [1.165, 1.54) is 0 Å². The van der Waals surface area contributed by atoms with Crippen LogP contribution < -0.4 is 10.6 Å². The first-order valence-corrected chi connectivity index (χ1v) is 4.42. The molecule has 0 amide bonds. The van der Waals surface area contributed by atoms with E-state index in [-0.39, 0.29) is 0 Å². The second-order valence-corrected chi connectivity index (χ2v) is 2.96. The lowest BCUT2D eigenvalue weighted by atomic mass is 10.3. The first kappa shape index (κ1) is 9.92. The third kappa shape index (κ3) is 2.99. The van der Waals surface area contributed by atoms with Crippen LogP contribution in [-0.2, 0) is 0 Å². The van der Waals surface area contributed by atoms with Crippen molar-refractivity contribution in [1.29, 1.82) is 0 Å². The number of anilines is 1. The van der Waals surface area contributed by atoms with Crippen LogP contribution in [-0.4, -0.2) is 30.1 Å². The highest BCUT2D eigenvalue weighted by atomic mass is 15.0. The molecule has 0 aromatic carbocycles. The first-order chi connectivity index (χ1) is 6.24. The predicted molar refractivity (Wildman–Crippen MR) is 53.9 cm³/mol. The Morgan fingerprint density at radius 3 is 2.62 bits per heavy atom. The van der Waals surface area contributed by atoms with Gasteiger partial charge in [-0.1, -0.05) is 0 Å². The van der Waals surface area contributed by atoms with E-state index in [2.05, 4.69) is 20.6 Å². The molecule has 0 fully saturated rings. The summed E-state index contributed by atoms with van der Waals surface area (Å²) in [5.41, 5.74) is 1.97. The second-order valence-electron chi connectivity index (χ2n) is 2.96. The van der Waals surface area contributed by atoms with E-state index in [1.807, 2.05) is 20.9 Å². The molecular weight excluding hydrogens is 164 g/mol. The highest BCUT2D eigenvalue weighted by Gasteiger charge is 1.97. The third-order valence-electron chi connectivity index (χ3n) is 1.87. The maximum atomic E-state index is 4.34. The number of aryl methyl sites for hydroxylation is 2. The Labute approximate surface area is 78.8 Å². The summed E-state index contributed by atoms with van der Waals surface area (Å²) in [5, 5.41) is 6.23. The second kappa shape index (κ2) is 4.77. The lowest BCUT2D eigenvalue weighted by Crippen LogP contribution is -2.18. The highest BCUT2D eigenvalue weighted by Crippen LogP contribution is 2.04. The highest BCUT2D eigenvalue weighted by molar-refractivity contribution is 5.33. The zero-order chi connectivity index (χ0) is 9.68. The zero-order valence-corrected chi connectivity index (χ0v) is 8.39. The van der Waals surface area contributed by atoms with Gasteiger partial charge in [-0.05, 0) is 20.9 Å². The predicted octanol–water partition coefficient (Wildman–Crippen LogP) is 0.725. The number of aromatic nitrogens is 2. The van der Waals surface area contributed by atoms with Gasteiger partial charge in [0.15, 0.2) is 0 Å². The molecule has 1 heterocycles. The van der Waals surface area contributed by atoms with E-state index >= 15 is 0 Å². The molecule has 13 heavy (non-hydrogen) atoms. The Morgan fingerprint density at radius 1 is 1.23 bits per heavy atom. The monoisotopic (exact) mass is 180 g/mol. The molecule has 0 aliphatic carbocycles. The van der Waals surface area contributed by atoms with E-state index in [0.717, 1.165) is 30.3 Å². The van der Waals surface area contributed by atoms with Gasteiger partial charge < -0.3 is 10.6 Å². The van der Waals surface area contributed by atoms with Crippen molar-refractivity contribution in [3.05, 3.63) is 17.6 Å². The Morgan fingerprint density at radius 2 is 2.00 bits per heavy atom. The van der Waals surface area contributed by atoms with Crippen molar-refractivity contribution < 1.29 is 0 Å². The molecule has 1 aromatic rings. The van der Waals surface area contributed by atoms with Gasteiger partial charge in [0.2, 0.25) is 0 Å². The van der Waals surface area contributed by atoms with Gasteiger partial charge in [0.25, 0.3) is 0 Å². The molecule has 0 spiro atoms. The lowest BCUT2D eigenvalue weighted by Gasteiger charge is -2.06. The third-order valence-corrected chi connectivity index (χ3v) is 1.87. The summed E-state index contributed by atoms with van der Waals surface area (Å²) in [4.78, 5) is 8.56. The molecule has 0 aliphatic rings. The molecule has 1 aromatic heterocycles. The number of hydrogen-bond acceptors (Lipinski definition) is 4. The molecule has 0 aliphatic heterocycles. The molecule has 0 saturated heterocycles. The van der Waals surface area contributed by atoms with Crippen LogP contribution >= 0.6 is 0 Å². The molecule has 72 valence electrons. The number of rotatable bonds is 4. The minimum Gasteiger partial charge on any atom is -0.368 e. The van der Waals surface area contributed by atoms with Crippen molar-refractivity contribution in [2.45, 2.75) is 13.8 Å². The fourth-order valence-corrected chi connectivity index (χ4v) is 0.943. The largest absolute Gasteiger partial charge is 0.368 e. The van der Waals surface area contributed by atoms with Gasteiger partial charge in [0.1, 0.15) is 5.82 Å². The molecule has 2 N–H and O–H groups in total.